The fourth-order valence-electron chi connectivity index (χ4n) is 1.76. The molecule has 0 unspecified atom stereocenters. The van der Waals surface area contributed by atoms with Crippen molar-refractivity contribution in [1.29, 1.82) is 5.26 Å². The average molecular weight is 264 g/mol. The number of hydrogen-bond donors (Lipinski definition) is 1. The summed E-state index contributed by atoms with van der Waals surface area (Å²) < 4.78 is 0. The third kappa shape index (κ3) is 3.27. The Bertz CT molecular complexity index is 667. The molecule has 2 N–H and O–H groups in total. The number of nitrogens with two attached hydrogens (primary N) is 1. The van der Waals surface area contributed by atoms with Crippen LogP contribution in [0.3, 0.4) is 0 Å². The molecule has 0 spiro atoms. The molecule has 19 heavy (non-hydrogen) atoms. The van der Waals surface area contributed by atoms with Crippen molar-refractivity contribution in [2.45, 2.75) is 0 Å². The van der Waals surface area contributed by atoms with Crippen molar-refractivity contribution in [2.24, 2.45) is 5.73 Å². The van der Waals surface area contributed by atoms with Crippen molar-refractivity contribution in [1.82, 2.24) is 0 Å². The second-order valence-corrected chi connectivity index (χ2v) is 4.47. The minimum Gasteiger partial charge on any atom is -0.389 e. The third-order valence-electron chi connectivity index (χ3n) is 2.69. The molecule has 0 amide bonds. The lowest BCUT2D eigenvalue weighted by Gasteiger charge is -2.03. The summed E-state index contributed by atoms with van der Waals surface area (Å²) in [5.74, 6) is 0. The molecule has 92 valence electrons. The fourth-order valence-corrected chi connectivity index (χ4v) is 1.87. The molecule has 2 rings (SSSR count). The van der Waals surface area contributed by atoms with Gasteiger partial charge in [-0.1, -0.05) is 60.7 Å². The molecule has 0 bridgehead atoms. The van der Waals surface area contributed by atoms with Crippen molar-refractivity contribution in [3.05, 3.63) is 65.7 Å². The quantitative estimate of drug-likeness (QED) is 0.524. The van der Waals surface area contributed by atoms with Gasteiger partial charge in [0.25, 0.3) is 0 Å². The molecule has 0 aliphatic rings. The Labute approximate surface area is 117 Å². The lowest BCUT2D eigenvalue weighted by Crippen LogP contribution is -2.09. The van der Waals surface area contributed by atoms with Crippen LogP contribution in [0, 0.1) is 11.3 Å². The highest BCUT2D eigenvalue weighted by Crippen LogP contribution is 2.21. The maximum absolute atomic E-state index is 8.96. The van der Waals surface area contributed by atoms with Gasteiger partial charge in [-0.05, 0) is 28.8 Å². The predicted molar refractivity (Wildman–Crippen MR) is 82.3 cm³/mol. The number of rotatable bonds is 3. The molecular weight excluding hydrogens is 252 g/mol. The van der Waals surface area contributed by atoms with E-state index in [1.54, 1.807) is 6.08 Å². The number of hydrogen-bond acceptors (Lipinski definition) is 2. The van der Waals surface area contributed by atoms with Crippen LogP contribution in [0.15, 0.2) is 60.2 Å². The molecule has 2 aromatic carbocycles. The van der Waals surface area contributed by atoms with E-state index in [0.717, 1.165) is 16.7 Å². The highest BCUT2D eigenvalue weighted by atomic mass is 32.1. The molecule has 0 aromatic heterocycles. The van der Waals surface area contributed by atoms with Gasteiger partial charge in [0.05, 0.1) is 5.57 Å². The van der Waals surface area contributed by atoms with Crippen LogP contribution in [-0.2, 0) is 0 Å². The van der Waals surface area contributed by atoms with Gasteiger partial charge in [0.1, 0.15) is 11.1 Å². The number of nitrogens with zero attached hydrogens (tertiary/aromatic N) is 1. The SMILES string of the molecule is N#CC(=Cc1cccc(-c2ccccc2)c1)C(N)=S. The monoisotopic (exact) mass is 264 g/mol. The Balaban J connectivity index is 2.41. The van der Waals surface area contributed by atoms with E-state index in [4.69, 9.17) is 23.2 Å². The summed E-state index contributed by atoms with van der Waals surface area (Å²) in [4.78, 5) is 0.118. The first kappa shape index (κ1) is 13.0. The summed E-state index contributed by atoms with van der Waals surface area (Å²) in [6.45, 7) is 0. The van der Waals surface area contributed by atoms with E-state index in [1.165, 1.54) is 0 Å². The number of thiocarbonyl (C=S) groups is 1. The first-order valence-corrected chi connectivity index (χ1v) is 6.18. The normalized spacial score (nSPS) is 10.8. The second-order valence-electron chi connectivity index (χ2n) is 4.03. The van der Waals surface area contributed by atoms with Gasteiger partial charge in [-0.2, -0.15) is 5.26 Å². The zero-order chi connectivity index (χ0) is 13.7. The van der Waals surface area contributed by atoms with Crippen LogP contribution in [-0.4, -0.2) is 4.99 Å². The zero-order valence-corrected chi connectivity index (χ0v) is 11.0. The van der Waals surface area contributed by atoms with E-state index < -0.39 is 0 Å². The van der Waals surface area contributed by atoms with Gasteiger partial charge in [-0.3, -0.25) is 0 Å². The lowest BCUT2D eigenvalue weighted by molar-refractivity contribution is 1.51. The Morgan fingerprint density at radius 3 is 2.37 bits per heavy atom. The molecule has 3 heteroatoms. The van der Waals surface area contributed by atoms with Crippen LogP contribution in [0.25, 0.3) is 17.2 Å². The van der Waals surface area contributed by atoms with Crippen molar-refractivity contribution in [3.8, 4) is 17.2 Å². The van der Waals surface area contributed by atoms with Crippen LogP contribution >= 0.6 is 12.2 Å². The van der Waals surface area contributed by atoms with E-state index in [9.17, 15) is 0 Å². The maximum atomic E-state index is 8.96. The summed E-state index contributed by atoms with van der Waals surface area (Å²) in [5.41, 5.74) is 8.94. The van der Waals surface area contributed by atoms with Gasteiger partial charge in [0, 0.05) is 0 Å². The summed E-state index contributed by atoms with van der Waals surface area (Å²) in [5, 5.41) is 8.96. The van der Waals surface area contributed by atoms with Crippen molar-refractivity contribution in [2.75, 3.05) is 0 Å². The molecular formula is C16H12N2S. The molecule has 0 fully saturated rings. The smallest absolute Gasteiger partial charge is 0.114 e. The molecule has 0 atom stereocenters. The Morgan fingerprint density at radius 1 is 1.05 bits per heavy atom. The van der Waals surface area contributed by atoms with Gasteiger partial charge in [0.15, 0.2) is 0 Å². The van der Waals surface area contributed by atoms with E-state index >= 15 is 0 Å². The maximum Gasteiger partial charge on any atom is 0.114 e. The lowest BCUT2D eigenvalue weighted by atomic mass is 10.0. The number of benzene rings is 2. The zero-order valence-electron chi connectivity index (χ0n) is 10.2. The van der Waals surface area contributed by atoms with Crippen molar-refractivity contribution >= 4 is 23.3 Å². The molecule has 0 heterocycles. The minimum atomic E-state index is 0.118. The molecule has 2 aromatic rings. The van der Waals surface area contributed by atoms with E-state index in [2.05, 4.69) is 0 Å². The molecule has 0 aliphatic heterocycles. The van der Waals surface area contributed by atoms with Crippen LogP contribution in [0.4, 0.5) is 0 Å². The van der Waals surface area contributed by atoms with Crippen molar-refractivity contribution in [3.63, 3.8) is 0 Å². The van der Waals surface area contributed by atoms with Crippen LogP contribution in [0.1, 0.15) is 5.56 Å². The fraction of sp³-hybridized carbons (Fsp3) is 0. The molecule has 2 nitrogen and oxygen atoms in total. The topological polar surface area (TPSA) is 49.8 Å². The van der Waals surface area contributed by atoms with E-state index in [-0.39, 0.29) is 4.99 Å². The standard InChI is InChI=1S/C16H12N2S/c17-11-15(16(18)19)10-12-5-4-8-14(9-12)13-6-2-1-3-7-13/h1-10H,(H2,18,19). The van der Waals surface area contributed by atoms with E-state index in [0.29, 0.717) is 5.57 Å². The van der Waals surface area contributed by atoms with Crippen LogP contribution in [0.5, 0.6) is 0 Å². The summed E-state index contributed by atoms with van der Waals surface area (Å²) in [6.07, 6.45) is 1.70. The second kappa shape index (κ2) is 5.94. The van der Waals surface area contributed by atoms with Gasteiger partial charge < -0.3 is 5.73 Å². The third-order valence-corrected chi connectivity index (χ3v) is 2.91. The van der Waals surface area contributed by atoms with Crippen LogP contribution in [0.2, 0.25) is 0 Å². The Kier molecular flexibility index (Phi) is 4.07. The highest BCUT2D eigenvalue weighted by molar-refractivity contribution is 7.80. The summed E-state index contributed by atoms with van der Waals surface area (Å²) >= 11 is 4.83. The summed E-state index contributed by atoms with van der Waals surface area (Å²) in [7, 11) is 0. The van der Waals surface area contributed by atoms with Gasteiger partial charge in [0.2, 0.25) is 0 Å². The molecule has 0 saturated heterocycles. The average Bonchev–Trinajstić information content (AvgIpc) is 2.45. The number of nitriles is 1. The molecule has 0 aliphatic carbocycles. The first-order chi connectivity index (χ1) is 9.20. The van der Waals surface area contributed by atoms with Gasteiger partial charge in [-0.25, -0.2) is 0 Å². The van der Waals surface area contributed by atoms with Gasteiger partial charge >= 0.3 is 0 Å². The predicted octanol–water partition coefficient (Wildman–Crippen LogP) is 3.55. The van der Waals surface area contributed by atoms with E-state index in [1.807, 2.05) is 60.7 Å². The largest absolute Gasteiger partial charge is 0.389 e. The van der Waals surface area contributed by atoms with Gasteiger partial charge in [-0.15, -0.1) is 0 Å². The first-order valence-electron chi connectivity index (χ1n) is 5.78. The minimum absolute atomic E-state index is 0.118. The Hall–Kier alpha value is -2.44. The van der Waals surface area contributed by atoms with Crippen LogP contribution < -0.4 is 5.73 Å². The highest BCUT2D eigenvalue weighted by Gasteiger charge is 2.01. The Morgan fingerprint density at radius 2 is 1.74 bits per heavy atom. The van der Waals surface area contributed by atoms with Crippen molar-refractivity contribution < 1.29 is 0 Å². The summed E-state index contributed by atoms with van der Waals surface area (Å²) in [6, 6.07) is 20.0. The molecule has 0 radical (unpaired) electrons. The molecule has 0 saturated carbocycles.